The molecule has 0 unspecified atom stereocenters. The summed E-state index contributed by atoms with van der Waals surface area (Å²) in [5.74, 6) is 0. The smallest absolute Gasteiger partial charge is 0.169 e. The van der Waals surface area contributed by atoms with Crippen LogP contribution in [0, 0.1) is 6.92 Å². The largest absolute Gasteiger partial charge is 0.296 e. The van der Waals surface area contributed by atoms with Gasteiger partial charge in [-0.2, -0.15) is 0 Å². The highest BCUT2D eigenvalue weighted by Crippen LogP contribution is 2.27. The van der Waals surface area contributed by atoms with Gasteiger partial charge in [-0.15, -0.1) is 11.3 Å². The van der Waals surface area contributed by atoms with Crippen molar-refractivity contribution < 1.29 is 4.79 Å². The second kappa shape index (κ2) is 4.58. The zero-order valence-corrected chi connectivity index (χ0v) is 10.2. The van der Waals surface area contributed by atoms with E-state index in [9.17, 15) is 4.79 Å². The number of aldehydes is 1. The van der Waals surface area contributed by atoms with Gasteiger partial charge in [-0.05, 0) is 13.3 Å². The Balaban J connectivity index is 2.44. The number of hydrogen-bond donors (Lipinski definition) is 0. The molecule has 16 heavy (non-hydrogen) atoms. The van der Waals surface area contributed by atoms with Crippen LogP contribution in [0.25, 0.3) is 10.6 Å². The molecule has 0 saturated carbocycles. The minimum absolute atomic E-state index is 0.586. The molecule has 0 radical (unpaired) electrons. The Kier molecular flexibility index (Phi) is 3.15. The van der Waals surface area contributed by atoms with Crippen molar-refractivity contribution in [1.29, 1.82) is 0 Å². The SMILES string of the molecule is CCc1sc(-c2ccc(C)cc2)nc1C=O. The van der Waals surface area contributed by atoms with Crippen LogP contribution in [0.3, 0.4) is 0 Å². The van der Waals surface area contributed by atoms with E-state index in [2.05, 4.69) is 24.0 Å². The third-order valence-electron chi connectivity index (χ3n) is 2.46. The van der Waals surface area contributed by atoms with Crippen LogP contribution in [0.4, 0.5) is 0 Å². The number of thiazole rings is 1. The maximum absolute atomic E-state index is 10.8. The fourth-order valence-electron chi connectivity index (χ4n) is 1.53. The molecular weight excluding hydrogens is 218 g/mol. The van der Waals surface area contributed by atoms with Crippen LogP contribution >= 0.6 is 11.3 Å². The molecule has 2 aromatic rings. The zero-order valence-electron chi connectivity index (χ0n) is 9.36. The molecule has 0 fully saturated rings. The van der Waals surface area contributed by atoms with Gasteiger partial charge in [0.2, 0.25) is 0 Å². The number of benzene rings is 1. The van der Waals surface area contributed by atoms with Crippen molar-refractivity contribution in [2.45, 2.75) is 20.3 Å². The molecule has 3 heteroatoms. The molecule has 0 atom stereocenters. The Labute approximate surface area is 99.0 Å². The molecule has 1 aromatic carbocycles. The van der Waals surface area contributed by atoms with Gasteiger partial charge >= 0.3 is 0 Å². The van der Waals surface area contributed by atoms with Crippen molar-refractivity contribution >= 4 is 17.6 Å². The highest BCUT2D eigenvalue weighted by Gasteiger charge is 2.09. The van der Waals surface area contributed by atoms with Crippen LogP contribution in [0.2, 0.25) is 0 Å². The van der Waals surface area contributed by atoms with Gasteiger partial charge in [0.15, 0.2) is 6.29 Å². The summed E-state index contributed by atoms with van der Waals surface area (Å²) in [6.45, 7) is 4.10. The maximum atomic E-state index is 10.8. The summed E-state index contributed by atoms with van der Waals surface area (Å²) >= 11 is 1.60. The highest BCUT2D eigenvalue weighted by molar-refractivity contribution is 7.15. The molecule has 0 bridgehead atoms. The van der Waals surface area contributed by atoms with Crippen LogP contribution in [0.15, 0.2) is 24.3 Å². The van der Waals surface area contributed by atoms with Gasteiger partial charge in [0.25, 0.3) is 0 Å². The van der Waals surface area contributed by atoms with Crippen molar-refractivity contribution in [3.63, 3.8) is 0 Å². The van der Waals surface area contributed by atoms with Gasteiger partial charge in [0.1, 0.15) is 10.7 Å². The third-order valence-corrected chi connectivity index (χ3v) is 3.72. The number of rotatable bonds is 3. The second-order valence-corrected chi connectivity index (χ2v) is 4.75. The number of aromatic nitrogens is 1. The summed E-state index contributed by atoms with van der Waals surface area (Å²) in [6.07, 6.45) is 1.70. The standard InChI is InChI=1S/C13H13NOS/c1-3-12-11(8-15)14-13(16-12)10-6-4-9(2)5-7-10/h4-8H,3H2,1-2H3. The second-order valence-electron chi connectivity index (χ2n) is 3.66. The van der Waals surface area contributed by atoms with Crippen molar-refractivity contribution in [2.24, 2.45) is 0 Å². The van der Waals surface area contributed by atoms with E-state index < -0.39 is 0 Å². The molecule has 0 aliphatic rings. The molecule has 82 valence electrons. The van der Waals surface area contributed by atoms with Crippen molar-refractivity contribution in [3.8, 4) is 10.6 Å². The Morgan fingerprint density at radius 3 is 2.50 bits per heavy atom. The minimum Gasteiger partial charge on any atom is -0.296 e. The molecule has 0 saturated heterocycles. The van der Waals surface area contributed by atoms with E-state index in [1.54, 1.807) is 11.3 Å². The van der Waals surface area contributed by atoms with E-state index >= 15 is 0 Å². The van der Waals surface area contributed by atoms with E-state index in [1.807, 2.05) is 19.1 Å². The number of carbonyl (C=O) groups excluding carboxylic acids is 1. The average molecular weight is 231 g/mol. The molecule has 2 nitrogen and oxygen atoms in total. The van der Waals surface area contributed by atoms with Crippen LogP contribution in [-0.4, -0.2) is 11.3 Å². The van der Waals surface area contributed by atoms with Crippen molar-refractivity contribution in [1.82, 2.24) is 4.98 Å². The van der Waals surface area contributed by atoms with Gasteiger partial charge in [-0.3, -0.25) is 4.79 Å². The predicted octanol–water partition coefficient (Wildman–Crippen LogP) is 3.49. The first-order chi connectivity index (χ1) is 7.74. The Hall–Kier alpha value is -1.48. The van der Waals surface area contributed by atoms with Gasteiger partial charge in [0, 0.05) is 10.4 Å². The molecule has 0 aliphatic heterocycles. The molecule has 0 N–H and O–H groups in total. The lowest BCUT2D eigenvalue weighted by molar-refractivity contribution is 0.111. The first kappa shape index (κ1) is 11.0. The van der Waals surface area contributed by atoms with Crippen LogP contribution in [0.1, 0.15) is 27.9 Å². The molecule has 0 spiro atoms. The maximum Gasteiger partial charge on any atom is 0.169 e. The quantitative estimate of drug-likeness (QED) is 0.757. The molecule has 1 heterocycles. The highest BCUT2D eigenvalue weighted by atomic mass is 32.1. The lowest BCUT2D eigenvalue weighted by atomic mass is 10.2. The number of carbonyl (C=O) groups is 1. The summed E-state index contributed by atoms with van der Waals surface area (Å²) in [6, 6.07) is 8.20. The first-order valence-corrected chi connectivity index (χ1v) is 6.08. The number of nitrogens with zero attached hydrogens (tertiary/aromatic N) is 1. The van der Waals surface area contributed by atoms with E-state index in [0.717, 1.165) is 28.2 Å². The van der Waals surface area contributed by atoms with Crippen molar-refractivity contribution in [3.05, 3.63) is 40.4 Å². The van der Waals surface area contributed by atoms with E-state index in [4.69, 9.17) is 0 Å². The summed E-state index contributed by atoms with van der Waals surface area (Å²) in [5.41, 5.74) is 2.90. The molecule has 2 rings (SSSR count). The monoisotopic (exact) mass is 231 g/mol. The van der Waals surface area contributed by atoms with Gasteiger partial charge < -0.3 is 0 Å². The van der Waals surface area contributed by atoms with Gasteiger partial charge in [-0.1, -0.05) is 36.8 Å². The van der Waals surface area contributed by atoms with Crippen LogP contribution in [-0.2, 0) is 6.42 Å². The van der Waals surface area contributed by atoms with Crippen molar-refractivity contribution in [2.75, 3.05) is 0 Å². The van der Waals surface area contributed by atoms with E-state index in [1.165, 1.54) is 5.56 Å². The molecular formula is C13H13NOS. The fourth-order valence-corrected chi connectivity index (χ4v) is 2.50. The topological polar surface area (TPSA) is 30.0 Å². The predicted molar refractivity (Wildman–Crippen MR) is 67.1 cm³/mol. The summed E-state index contributed by atoms with van der Waals surface area (Å²) in [5, 5.41) is 0.930. The fraction of sp³-hybridized carbons (Fsp3) is 0.231. The first-order valence-electron chi connectivity index (χ1n) is 5.26. The Morgan fingerprint density at radius 1 is 1.31 bits per heavy atom. The Morgan fingerprint density at radius 2 is 2.00 bits per heavy atom. The summed E-state index contributed by atoms with van der Waals surface area (Å²) in [4.78, 5) is 16.2. The summed E-state index contributed by atoms with van der Waals surface area (Å²) < 4.78 is 0. The normalized spacial score (nSPS) is 10.4. The Bertz CT molecular complexity index is 499. The van der Waals surface area contributed by atoms with E-state index in [-0.39, 0.29) is 0 Å². The lowest BCUT2D eigenvalue weighted by Crippen LogP contribution is -1.85. The zero-order chi connectivity index (χ0) is 11.5. The number of aryl methyl sites for hydroxylation is 2. The number of hydrogen-bond acceptors (Lipinski definition) is 3. The van der Waals surface area contributed by atoms with E-state index in [0.29, 0.717) is 5.69 Å². The molecule has 0 amide bonds. The third kappa shape index (κ3) is 2.04. The lowest BCUT2D eigenvalue weighted by Gasteiger charge is -1.96. The minimum atomic E-state index is 0.586. The summed E-state index contributed by atoms with van der Waals surface area (Å²) in [7, 11) is 0. The average Bonchev–Trinajstić information content (AvgIpc) is 2.73. The van der Waals surface area contributed by atoms with Crippen LogP contribution in [0.5, 0.6) is 0 Å². The van der Waals surface area contributed by atoms with Gasteiger partial charge in [-0.25, -0.2) is 4.98 Å². The molecule has 0 aliphatic carbocycles. The van der Waals surface area contributed by atoms with Crippen LogP contribution < -0.4 is 0 Å². The van der Waals surface area contributed by atoms with Gasteiger partial charge in [0.05, 0.1) is 0 Å². The molecule has 1 aromatic heterocycles.